The van der Waals surface area contributed by atoms with E-state index >= 15 is 0 Å². The molecule has 0 spiro atoms. The summed E-state index contributed by atoms with van der Waals surface area (Å²) in [4.78, 5) is 0. The standard InChI is InChI=1S/C24H25Cl2NO3/c1-4-29-23-11-18(14-27-19-8-9-22(28-3)21(26)12-19)20(25)13-24(23)30-15-17-7-5-6-16(2)10-17/h5-13,27H,4,14-15H2,1-3H3. The number of anilines is 1. The van der Waals surface area contributed by atoms with Crippen LogP contribution >= 0.6 is 23.2 Å². The van der Waals surface area contributed by atoms with Crippen LogP contribution < -0.4 is 19.5 Å². The van der Waals surface area contributed by atoms with Gasteiger partial charge in [0.1, 0.15) is 12.4 Å². The minimum atomic E-state index is 0.444. The van der Waals surface area contributed by atoms with Gasteiger partial charge in [0.15, 0.2) is 11.5 Å². The molecule has 0 radical (unpaired) electrons. The second-order valence-electron chi connectivity index (χ2n) is 6.80. The lowest BCUT2D eigenvalue weighted by Crippen LogP contribution is -2.04. The SMILES string of the molecule is CCOc1cc(CNc2ccc(OC)c(Cl)c2)c(Cl)cc1OCc1cccc(C)c1. The van der Waals surface area contributed by atoms with Crippen molar-refractivity contribution in [2.24, 2.45) is 0 Å². The summed E-state index contributed by atoms with van der Waals surface area (Å²) >= 11 is 12.7. The first kappa shape index (κ1) is 22.1. The van der Waals surface area contributed by atoms with Crippen LogP contribution in [-0.4, -0.2) is 13.7 Å². The molecule has 0 aliphatic carbocycles. The molecule has 30 heavy (non-hydrogen) atoms. The highest BCUT2D eigenvalue weighted by Gasteiger charge is 2.12. The van der Waals surface area contributed by atoms with Crippen LogP contribution in [0, 0.1) is 6.92 Å². The van der Waals surface area contributed by atoms with Gasteiger partial charge in [-0.15, -0.1) is 0 Å². The number of halogens is 2. The van der Waals surface area contributed by atoms with Crippen LogP contribution in [0.1, 0.15) is 23.6 Å². The molecule has 0 aliphatic rings. The van der Waals surface area contributed by atoms with Crippen LogP contribution in [0.3, 0.4) is 0 Å². The molecule has 0 saturated carbocycles. The Morgan fingerprint density at radius 1 is 0.867 bits per heavy atom. The van der Waals surface area contributed by atoms with Gasteiger partial charge in [0.2, 0.25) is 0 Å². The topological polar surface area (TPSA) is 39.7 Å². The van der Waals surface area contributed by atoms with Crippen LogP contribution in [0.5, 0.6) is 17.2 Å². The van der Waals surface area contributed by atoms with Crippen molar-refractivity contribution in [1.82, 2.24) is 0 Å². The molecule has 3 aromatic rings. The highest BCUT2D eigenvalue weighted by molar-refractivity contribution is 6.32. The highest BCUT2D eigenvalue weighted by atomic mass is 35.5. The molecule has 6 heteroatoms. The van der Waals surface area contributed by atoms with Crippen LogP contribution in [0.2, 0.25) is 10.0 Å². The van der Waals surface area contributed by atoms with E-state index in [0.717, 1.165) is 16.8 Å². The summed E-state index contributed by atoms with van der Waals surface area (Å²) in [5.41, 5.74) is 4.06. The zero-order valence-electron chi connectivity index (χ0n) is 17.3. The summed E-state index contributed by atoms with van der Waals surface area (Å²) in [6, 6.07) is 17.5. The third-order valence-corrected chi connectivity index (χ3v) is 5.17. The molecule has 0 atom stereocenters. The minimum Gasteiger partial charge on any atom is -0.495 e. The molecular weight excluding hydrogens is 421 g/mol. The monoisotopic (exact) mass is 445 g/mol. The zero-order valence-corrected chi connectivity index (χ0v) is 18.8. The Labute approximate surface area is 187 Å². The molecule has 1 N–H and O–H groups in total. The predicted molar refractivity (Wildman–Crippen MR) is 123 cm³/mol. The van der Waals surface area contributed by atoms with Crippen molar-refractivity contribution in [3.8, 4) is 17.2 Å². The van der Waals surface area contributed by atoms with E-state index in [-0.39, 0.29) is 0 Å². The van der Waals surface area contributed by atoms with Gasteiger partial charge in [-0.25, -0.2) is 0 Å². The zero-order chi connectivity index (χ0) is 21.5. The average molecular weight is 446 g/mol. The van der Waals surface area contributed by atoms with Gasteiger partial charge in [0, 0.05) is 23.3 Å². The van der Waals surface area contributed by atoms with Gasteiger partial charge >= 0.3 is 0 Å². The Morgan fingerprint density at radius 3 is 2.37 bits per heavy atom. The Balaban J connectivity index is 1.74. The van der Waals surface area contributed by atoms with Gasteiger partial charge in [-0.3, -0.25) is 0 Å². The van der Waals surface area contributed by atoms with Crippen molar-refractivity contribution < 1.29 is 14.2 Å². The summed E-state index contributed by atoms with van der Waals surface area (Å²) in [5.74, 6) is 1.92. The van der Waals surface area contributed by atoms with Crippen LogP contribution in [0.25, 0.3) is 0 Å². The maximum absolute atomic E-state index is 6.53. The van der Waals surface area contributed by atoms with E-state index in [4.69, 9.17) is 37.4 Å². The van der Waals surface area contributed by atoms with E-state index in [1.54, 1.807) is 13.2 Å². The molecule has 3 rings (SSSR count). The van der Waals surface area contributed by atoms with E-state index in [1.807, 2.05) is 43.3 Å². The van der Waals surface area contributed by atoms with Gasteiger partial charge in [-0.1, -0.05) is 53.0 Å². The van der Waals surface area contributed by atoms with Crippen molar-refractivity contribution >= 4 is 28.9 Å². The van der Waals surface area contributed by atoms with E-state index in [0.29, 0.717) is 47.1 Å². The third-order valence-electron chi connectivity index (χ3n) is 4.52. The number of hydrogen-bond donors (Lipinski definition) is 1. The largest absolute Gasteiger partial charge is 0.495 e. The molecular formula is C24H25Cl2NO3. The second kappa shape index (κ2) is 10.5. The summed E-state index contributed by atoms with van der Waals surface area (Å²) < 4.78 is 17.0. The number of nitrogens with one attached hydrogen (secondary N) is 1. The van der Waals surface area contributed by atoms with Gasteiger partial charge in [0.05, 0.1) is 18.7 Å². The highest BCUT2D eigenvalue weighted by Crippen LogP contribution is 2.35. The molecule has 0 aliphatic heterocycles. The lowest BCUT2D eigenvalue weighted by molar-refractivity contribution is 0.269. The molecule has 158 valence electrons. The van der Waals surface area contributed by atoms with Crippen LogP contribution in [0.4, 0.5) is 5.69 Å². The van der Waals surface area contributed by atoms with Gasteiger partial charge in [0.25, 0.3) is 0 Å². The summed E-state index contributed by atoms with van der Waals surface area (Å²) in [6.45, 7) is 5.49. The number of methoxy groups -OCH3 is 1. The van der Waals surface area contributed by atoms with E-state index in [1.165, 1.54) is 5.56 Å². The molecule has 0 saturated heterocycles. The number of benzene rings is 3. The number of ether oxygens (including phenoxy) is 3. The predicted octanol–water partition coefficient (Wildman–Crippen LogP) is 6.90. The number of rotatable bonds is 9. The van der Waals surface area contributed by atoms with Crippen molar-refractivity contribution in [3.63, 3.8) is 0 Å². The number of aryl methyl sites for hydroxylation is 1. The summed E-state index contributed by atoms with van der Waals surface area (Å²) in [7, 11) is 1.59. The summed E-state index contributed by atoms with van der Waals surface area (Å²) in [5, 5.41) is 4.47. The quantitative estimate of drug-likeness (QED) is 0.388. The van der Waals surface area contributed by atoms with Gasteiger partial charge in [-0.05, 0) is 49.2 Å². The lowest BCUT2D eigenvalue weighted by atomic mass is 10.1. The van der Waals surface area contributed by atoms with E-state index < -0.39 is 0 Å². The first-order valence-corrected chi connectivity index (χ1v) is 10.5. The van der Waals surface area contributed by atoms with Crippen LogP contribution in [-0.2, 0) is 13.2 Å². The second-order valence-corrected chi connectivity index (χ2v) is 7.62. The van der Waals surface area contributed by atoms with Crippen molar-refractivity contribution in [1.29, 1.82) is 0 Å². The molecule has 0 bridgehead atoms. The van der Waals surface area contributed by atoms with Crippen LogP contribution in [0.15, 0.2) is 54.6 Å². The molecule has 3 aromatic carbocycles. The Kier molecular flexibility index (Phi) is 7.72. The van der Waals surface area contributed by atoms with Crippen molar-refractivity contribution in [2.75, 3.05) is 19.0 Å². The first-order valence-electron chi connectivity index (χ1n) is 9.71. The lowest BCUT2D eigenvalue weighted by Gasteiger charge is -2.16. The van der Waals surface area contributed by atoms with E-state index in [9.17, 15) is 0 Å². The van der Waals surface area contributed by atoms with Gasteiger partial charge < -0.3 is 19.5 Å². The van der Waals surface area contributed by atoms with Crippen molar-refractivity contribution in [2.45, 2.75) is 27.0 Å². The first-order chi connectivity index (χ1) is 14.5. The Morgan fingerprint density at radius 2 is 1.67 bits per heavy atom. The van der Waals surface area contributed by atoms with Crippen molar-refractivity contribution in [3.05, 3.63) is 81.3 Å². The minimum absolute atomic E-state index is 0.444. The smallest absolute Gasteiger partial charge is 0.163 e. The number of hydrogen-bond acceptors (Lipinski definition) is 4. The average Bonchev–Trinajstić information content (AvgIpc) is 2.73. The van der Waals surface area contributed by atoms with Gasteiger partial charge in [-0.2, -0.15) is 0 Å². The van der Waals surface area contributed by atoms with E-state index in [2.05, 4.69) is 24.4 Å². The summed E-state index contributed by atoms with van der Waals surface area (Å²) in [6.07, 6.45) is 0. The molecule has 0 fully saturated rings. The third kappa shape index (κ3) is 5.74. The fourth-order valence-electron chi connectivity index (χ4n) is 3.03. The molecule has 0 aromatic heterocycles. The molecule has 0 heterocycles. The normalized spacial score (nSPS) is 10.6. The Bertz CT molecular complexity index is 1010. The fraction of sp³-hybridized carbons (Fsp3) is 0.250. The maximum atomic E-state index is 6.53. The Hall–Kier alpha value is -2.56. The molecule has 0 unspecified atom stereocenters. The molecule has 4 nitrogen and oxygen atoms in total. The maximum Gasteiger partial charge on any atom is 0.163 e. The molecule has 0 amide bonds. The fourth-order valence-corrected chi connectivity index (χ4v) is 3.51.